The van der Waals surface area contributed by atoms with Gasteiger partial charge in [-0.15, -0.1) is 12.4 Å². The molecule has 1 aliphatic rings. The summed E-state index contributed by atoms with van der Waals surface area (Å²) in [6.45, 7) is 6.11. The van der Waals surface area contributed by atoms with Crippen molar-refractivity contribution in [3.63, 3.8) is 0 Å². The predicted molar refractivity (Wildman–Crippen MR) is 78.5 cm³/mol. The van der Waals surface area contributed by atoms with Crippen molar-refractivity contribution in [3.8, 4) is 0 Å². The summed E-state index contributed by atoms with van der Waals surface area (Å²) < 4.78 is 26.0. The summed E-state index contributed by atoms with van der Waals surface area (Å²) in [7, 11) is -3.04. The van der Waals surface area contributed by atoms with Gasteiger partial charge in [-0.3, -0.25) is 0 Å². The van der Waals surface area contributed by atoms with Crippen molar-refractivity contribution in [2.24, 2.45) is 17.6 Å². The van der Waals surface area contributed by atoms with Gasteiger partial charge in [-0.2, -0.15) is 0 Å². The molecule has 0 spiro atoms. The smallest absolute Gasteiger partial charge is 0.214 e. The van der Waals surface area contributed by atoms with Gasteiger partial charge in [-0.05, 0) is 37.6 Å². The maximum Gasteiger partial charge on any atom is 0.214 e. The van der Waals surface area contributed by atoms with Gasteiger partial charge in [-0.1, -0.05) is 20.3 Å². The van der Waals surface area contributed by atoms with Crippen LogP contribution in [0.1, 0.15) is 39.5 Å². The minimum absolute atomic E-state index is 0. The number of hydrogen-bond donors (Lipinski definition) is 1. The fourth-order valence-electron chi connectivity index (χ4n) is 2.46. The molecule has 110 valence electrons. The highest BCUT2D eigenvalue weighted by Crippen LogP contribution is 2.20. The first-order valence-electron chi connectivity index (χ1n) is 6.67. The highest BCUT2D eigenvalue weighted by molar-refractivity contribution is 7.89. The Labute approximate surface area is 118 Å². The van der Waals surface area contributed by atoms with Gasteiger partial charge < -0.3 is 5.73 Å². The summed E-state index contributed by atoms with van der Waals surface area (Å²) in [6, 6.07) is 0. The van der Waals surface area contributed by atoms with Crippen LogP contribution in [0.5, 0.6) is 0 Å². The van der Waals surface area contributed by atoms with Crippen LogP contribution < -0.4 is 5.73 Å². The molecule has 1 aliphatic heterocycles. The summed E-state index contributed by atoms with van der Waals surface area (Å²) in [5, 5.41) is 0. The van der Waals surface area contributed by atoms with Crippen LogP contribution >= 0.6 is 12.4 Å². The SMILES string of the molecule is CCCC(C)CS(=O)(=O)N1CCC(CN)CC1.Cl. The van der Waals surface area contributed by atoms with Gasteiger partial charge in [0.2, 0.25) is 10.0 Å². The van der Waals surface area contributed by atoms with E-state index in [1.54, 1.807) is 4.31 Å². The predicted octanol–water partition coefficient (Wildman–Crippen LogP) is 1.84. The third-order valence-electron chi connectivity index (χ3n) is 3.58. The Morgan fingerprint density at radius 1 is 1.33 bits per heavy atom. The number of hydrogen-bond acceptors (Lipinski definition) is 3. The lowest BCUT2D eigenvalue weighted by Gasteiger charge is -2.31. The van der Waals surface area contributed by atoms with E-state index in [1.807, 2.05) is 6.92 Å². The number of nitrogens with zero attached hydrogens (tertiary/aromatic N) is 1. The molecular formula is C12H27ClN2O2S. The molecule has 1 saturated heterocycles. The average molecular weight is 299 g/mol. The topological polar surface area (TPSA) is 63.4 Å². The number of rotatable bonds is 6. The average Bonchev–Trinajstić information content (AvgIpc) is 2.28. The fourth-order valence-corrected chi connectivity index (χ4v) is 4.33. The summed E-state index contributed by atoms with van der Waals surface area (Å²) in [5.41, 5.74) is 5.61. The first-order chi connectivity index (χ1) is 7.99. The highest BCUT2D eigenvalue weighted by Gasteiger charge is 2.28. The molecule has 6 heteroatoms. The van der Waals surface area contributed by atoms with Gasteiger partial charge in [0.25, 0.3) is 0 Å². The zero-order valence-corrected chi connectivity index (χ0v) is 13.1. The van der Waals surface area contributed by atoms with Crippen molar-refractivity contribution >= 4 is 22.4 Å². The van der Waals surface area contributed by atoms with Crippen molar-refractivity contribution in [2.75, 3.05) is 25.4 Å². The van der Waals surface area contributed by atoms with E-state index in [9.17, 15) is 8.42 Å². The minimum atomic E-state index is -3.04. The van der Waals surface area contributed by atoms with E-state index in [0.29, 0.717) is 31.3 Å². The zero-order chi connectivity index (χ0) is 12.9. The molecule has 1 rings (SSSR count). The van der Waals surface area contributed by atoms with Crippen molar-refractivity contribution in [3.05, 3.63) is 0 Å². The Hall–Kier alpha value is 0.160. The maximum absolute atomic E-state index is 12.2. The molecule has 0 aromatic rings. The molecule has 0 radical (unpaired) electrons. The second kappa shape index (κ2) is 8.35. The fraction of sp³-hybridized carbons (Fsp3) is 1.00. The molecule has 1 atom stereocenters. The van der Waals surface area contributed by atoms with E-state index in [1.165, 1.54) is 0 Å². The summed E-state index contributed by atoms with van der Waals surface area (Å²) in [4.78, 5) is 0. The highest BCUT2D eigenvalue weighted by atomic mass is 35.5. The van der Waals surface area contributed by atoms with Gasteiger partial charge in [0.05, 0.1) is 5.75 Å². The molecule has 0 aromatic carbocycles. The van der Waals surface area contributed by atoms with E-state index in [-0.39, 0.29) is 18.3 Å². The summed E-state index contributed by atoms with van der Waals surface area (Å²) in [6.07, 6.45) is 3.86. The lowest BCUT2D eigenvalue weighted by molar-refractivity contribution is 0.277. The second-order valence-electron chi connectivity index (χ2n) is 5.25. The Kier molecular flexibility index (Phi) is 8.43. The van der Waals surface area contributed by atoms with Crippen LogP contribution in [0.15, 0.2) is 0 Å². The zero-order valence-electron chi connectivity index (χ0n) is 11.5. The van der Waals surface area contributed by atoms with Crippen molar-refractivity contribution in [1.29, 1.82) is 0 Å². The molecule has 0 aliphatic carbocycles. The van der Waals surface area contributed by atoms with Gasteiger partial charge >= 0.3 is 0 Å². The molecule has 4 nitrogen and oxygen atoms in total. The summed E-state index contributed by atoms with van der Waals surface area (Å²) >= 11 is 0. The molecule has 1 unspecified atom stereocenters. The Bertz CT molecular complexity index is 314. The van der Waals surface area contributed by atoms with Crippen molar-refractivity contribution in [2.45, 2.75) is 39.5 Å². The number of halogens is 1. The molecular weight excluding hydrogens is 272 g/mol. The molecule has 1 fully saturated rings. The van der Waals surface area contributed by atoms with Crippen LogP contribution in [0.3, 0.4) is 0 Å². The van der Waals surface area contributed by atoms with Crippen LogP contribution in [0.2, 0.25) is 0 Å². The minimum Gasteiger partial charge on any atom is -0.330 e. The molecule has 2 N–H and O–H groups in total. The largest absolute Gasteiger partial charge is 0.330 e. The molecule has 0 amide bonds. The Morgan fingerprint density at radius 3 is 2.33 bits per heavy atom. The lowest BCUT2D eigenvalue weighted by atomic mass is 9.99. The van der Waals surface area contributed by atoms with Gasteiger partial charge in [-0.25, -0.2) is 12.7 Å². The monoisotopic (exact) mass is 298 g/mol. The van der Waals surface area contributed by atoms with E-state index >= 15 is 0 Å². The maximum atomic E-state index is 12.2. The lowest BCUT2D eigenvalue weighted by Crippen LogP contribution is -2.42. The third kappa shape index (κ3) is 5.43. The quantitative estimate of drug-likeness (QED) is 0.814. The molecule has 0 saturated carbocycles. The number of sulfonamides is 1. The molecule has 0 bridgehead atoms. The van der Waals surface area contributed by atoms with Gasteiger partial charge in [0, 0.05) is 13.1 Å². The van der Waals surface area contributed by atoms with Crippen molar-refractivity contribution < 1.29 is 8.42 Å². The third-order valence-corrected chi connectivity index (χ3v) is 5.72. The van der Waals surface area contributed by atoms with Crippen LogP contribution in [-0.4, -0.2) is 38.1 Å². The van der Waals surface area contributed by atoms with Crippen molar-refractivity contribution in [1.82, 2.24) is 4.31 Å². The van der Waals surface area contributed by atoms with E-state index < -0.39 is 10.0 Å². The Balaban J connectivity index is 0.00000289. The second-order valence-corrected chi connectivity index (χ2v) is 7.26. The Morgan fingerprint density at radius 2 is 1.89 bits per heavy atom. The summed E-state index contributed by atoms with van der Waals surface area (Å²) in [5.74, 6) is 1.07. The number of nitrogens with two attached hydrogens (primary N) is 1. The molecule has 1 heterocycles. The van der Waals surface area contributed by atoms with Crippen LogP contribution in [0.25, 0.3) is 0 Å². The first kappa shape index (κ1) is 18.2. The van der Waals surface area contributed by atoms with Crippen LogP contribution in [0, 0.1) is 11.8 Å². The first-order valence-corrected chi connectivity index (χ1v) is 8.28. The molecule has 18 heavy (non-hydrogen) atoms. The van der Waals surface area contributed by atoms with E-state index in [2.05, 4.69) is 6.92 Å². The number of piperidine rings is 1. The van der Waals surface area contributed by atoms with Gasteiger partial charge in [0.1, 0.15) is 0 Å². The standard InChI is InChI=1S/C12H26N2O2S.ClH/c1-3-4-11(2)10-17(15,16)14-7-5-12(9-13)6-8-14;/h11-12H,3-10,13H2,1-2H3;1H. The molecule has 0 aromatic heterocycles. The van der Waals surface area contributed by atoms with E-state index in [4.69, 9.17) is 5.73 Å². The van der Waals surface area contributed by atoms with Crippen LogP contribution in [-0.2, 0) is 10.0 Å². The van der Waals surface area contributed by atoms with Gasteiger partial charge in [0.15, 0.2) is 0 Å². The van der Waals surface area contributed by atoms with Crippen LogP contribution in [0.4, 0.5) is 0 Å². The van der Waals surface area contributed by atoms with E-state index in [0.717, 1.165) is 25.7 Å². The normalized spacial score (nSPS) is 20.4.